The molecule has 4 nitrogen and oxygen atoms in total. The molecule has 1 aliphatic heterocycles. The number of nitrogens with zero attached hydrogens (tertiary/aromatic N) is 2. The van der Waals surface area contributed by atoms with Crippen molar-refractivity contribution in [3.8, 4) is 6.07 Å². The molecule has 0 saturated carbocycles. The Hall–Kier alpha value is -1.54. The third-order valence-corrected chi connectivity index (χ3v) is 3.83. The van der Waals surface area contributed by atoms with E-state index in [1.54, 1.807) is 16.2 Å². The average Bonchev–Trinajstić information content (AvgIpc) is 2.82. The van der Waals surface area contributed by atoms with E-state index < -0.39 is 0 Å². The van der Waals surface area contributed by atoms with Gasteiger partial charge in [-0.1, -0.05) is 0 Å². The highest BCUT2D eigenvalue weighted by Crippen LogP contribution is 2.27. The molecule has 1 aromatic rings. The maximum Gasteiger partial charge on any atom is 0.318 e. The second-order valence-electron chi connectivity index (χ2n) is 3.82. The molecule has 1 saturated heterocycles. The van der Waals surface area contributed by atoms with E-state index in [1.807, 2.05) is 5.38 Å². The van der Waals surface area contributed by atoms with Gasteiger partial charge in [0.25, 0.3) is 0 Å². The number of amides is 2. The van der Waals surface area contributed by atoms with Crippen molar-refractivity contribution >= 4 is 17.4 Å². The maximum absolute atomic E-state index is 11.6. The molecule has 5 heteroatoms. The van der Waals surface area contributed by atoms with Crippen LogP contribution in [-0.4, -0.2) is 24.0 Å². The summed E-state index contributed by atoms with van der Waals surface area (Å²) < 4.78 is 0. The smallest absolute Gasteiger partial charge is 0.318 e. The van der Waals surface area contributed by atoms with E-state index >= 15 is 0 Å². The topological polar surface area (TPSA) is 56.1 Å². The van der Waals surface area contributed by atoms with Crippen LogP contribution in [0.25, 0.3) is 0 Å². The Kier molecular flexibility index (Phi) is 3.11. The van der Waals surface area contributed by atoms with Crippen LogP contribution in [-0.2, 0) is 0 Å². The molecule has 16 heavy (non-hydrogen) atoms. The van der Waals surface area contributed by atoms with Gasteiger partial charge in [-0.15, -0.1) is 11.3 Å². The van der Waals surface area contributed by atoms with Crippen molar-refractivity contribution in [1.29, 1.82) is 5.26 Å². The van der Waals surface area contributed by atoms with E-state index in [-0.39, 0.29) is 12.1 Å². The molecule has 1 unspecified atom stereocenters. The lowest BCUT2D eigenvalue weighted by molar-refractivity contribution is 0.218. The van der Waals surface area contributed by atoms with Crippen LogP contribution in [0.15, 0.2) is 11.4 Å². The first-order valence-electron chi connectivity index (χ1n) is 5.18. The molecular formula is C11H13N3OS. The third-order valence-electron chi connectivity index (χ3n) is 2.70. The highest BCUT2D eigenvalue weighted by Gasteiger charge is 2.30. The van der Waals surface area contributed by atoms with Gasteiger partial charge in [0, 0.05) is 18.0 Å². The van der Waals surface area contributed by atoms with Crippen LogP contribution in [0.2, 0.25) is 0 Å². The van der Waals surface area contributed by atoms with Crippen LogP contribution in [0, 0.1) is 18.3 Å². The number of rotatable bonds is 3. The van der Waals surface area contributed by atoms with Crippen molar-refractivity contribution in [1.82, 2.24) is 10.2 Å². The van der Waals surface area contributed by atoms with Gasteiger partial charge in [-0.05, 0) is 23.9 Å². The summed E-state index contributed by atoms with van der Waals surface area (Å²) in [7, 11) is 0. The summed E-state index contributed by atoms with van der Waals surface area (Å²) >= 11 is 1.67. The third kappa shape index (κ3) is 2.02. The number of urea groups is 1. The van der Waals surface area contributed by atoms with E-state index in [1.165, 1.54) is 10.4 Å². The minimum Gasteiger partial charge on any atom is -0.329 e. The number of carbonyl (C=O) groups is 1. The molecule has 84 valence electrons. The van der Waals surface area contributed by atoms with Crippen LogP contribution >= 0.6 is 11.3 Å². The van der Waals surface area contributed by atoms with Gasteiger partial charge in [0.1, 0.15) is 0 Å². The van der Waals surface area contributed by atoms with Gasteiger partial charge >= 0.3 is 6.03 Å². The van der Waals surface area contributed by atoms with Crippen LogP contribution < -0.4 is 5.32 Å². The first kappa shape index (κ1) is 11.0. The summed E-state index contributed by atoms with van der Waals surface area (Å²) in [5, 5.41) is 13.5. The van der Waals surface area contributed by atoms with Crippen LogP contribution in [0.1, 0.15) is 22.9 Å². The molecule has 1 atom stereocenters. The second kappa shape index (κ2) is 4.54. The highest BCUT2D eigenvalue weighted by molar-refractivity contribution is 7.10. The Bertz CT molecular complexity index is 435. The summed E-state index contributed by atoms with van der Waals surface area (Å²) in [6.45, 7) is 3.24. The zero-order chi connectivity index (χ0) is 11.5. The second-order valence-corrected chi connectivity index (χ2v) is 4.77. The van der Waals surface area contributed by atoms with E-state index in [2.05, 4.69) is 24.4 Å². The number of thiophene rings is 1. The maximum atomic E-state index is 11.6. The Morgan fingerprint density at radius 2 is 2.56 bits per heavy atom. The van der Waals surface area contributed by atoms with Crippen LogP contribution in [0.4, 0.5) is 4.79 Å². The van der Waals surface area contributed by atoms with Crippen LogP contribution in [0.3, 0.4) is 0 Å². The monoisotopic (exact) mass is 235 g/mol. The van der Waals surface area contributed by atoms with Crippen molar-refractivity contribution in [3.05, 3.63) is 21.9 Å². The lowest BCUT2D eigenvalue weighted by Crippen LogP contribution is -2.28. The number of hydrogen-bond donors (Lipinski definition) is 1. The van der Waals surface area contributed by atoms with Gasteiger partial charge in [-0.2, -0.15) is 5.26 Å². The molecule has 2 amide bonds. The molecule has 2 rings (SSSR count). The van der Waals surface area contributed by atoms with Gasteiger partial charge in [-0.3, -0.25) is 0 Å². The Morgan fingerprint density at radius 3 is 3.19 bits per heavy atom. The standard InChI is InChI=1S/C11H13N3OS/c1-8-3-6-16-10(8)9-7-14(5-2-4-12)11(15)13-9/h3,6,9H,2,5,7H2,1H3,(H,13,15). The van der Waals surface area contributed by atoms with E-state index in [0.717, 1.165) is 0 Å². The molecule has 0 radical (unpaired) electrons. The minimum atomic E-state index is -0.0620. The zero-order valence-corrected chi connectivity index (χ0v) is 9.88. The fourth-order valence-electron chi connectivity index (χ4n) is 1.86. The van der Waals surface area contributed by atoms with E-state index in [0.29, 0.717) is 19.5 Å². The summed E-state index contributed by atoms with van der Waals surface area (Å²) in [4.78, 5) is 14.5. The van der Waals surface area contributed by atoms with Crippen LogP contribution in [0.5, 0.6) is 0 Å². The van der Waals surface area contributed by atoms with Gasteiger partial charge in [0.15, 0.2) is 0 Å². The van der Waals surface area contributed by atoms with Crippen molar-refractivity contribution in [3.63, 3.8) is 0 Å². The van der Waals surface area contributed by atoms with Crippen molar-refractivity contribution in [2.45, 2.75) is 19.4 Å². The number of aryl methyl sites for hydroxylation is 1. The fourth-order valence-corrected chi connectivity index (χ4v) is 2.83. The molecule has 1 N–H and O–H groups in total. The molecule has 0 spiro atoms. The molecule has 0 bridgehead atoms. The van der Waals surface area contributed by atoms with E-state index in [4.69, 9.17) is 5.26 Å². The lowest BCUT2D eigenvalue weighted by atomic mass is 10.2. The Labute approximate surface area is 98.5 Å². The largest absolute Gasteiger partial charge is 0.329 e. The summed E-state index contributed by atoms with van der Waals surface area (Å²) in [5.74, 6) is 0. The van der Waals surface area contributed by atoms with Gasteiger partial charge in [-0.25, -0.2) is 4.79 Å². The molecule has 0 aliphatic carbocycles. The van der Waals surface area contributed by atoms with Gasteiger partial charge in [0.2, 0.25) is 0 Å². The molecular weight excluding hydrogens is 222 g/mol. The fraction of sp³-hybridized carbons (Fsp3) is 0.455. The minimum absolute atomic E-state index is 0.0620. The number of carbonyl (C=O) groups excluding carboxylic acids is 1. The van der Waals surface area contributed by atoms with Gasteiger partial charge < -0.3 is 10.2 Å². The first-order valence-corrected chi connectivity index (χ1v) is 6.06. The predicted octanol–water partition coefficient (Wildman–Crippen LogP) is 2.04. The molecule has 1 aromatic heterocycles. The highest BCUT2D eigenvalue weighted by atomic mass is 32.1. The predicted molar refractivity (Wildman–Crippen MR) is 62.1 cm³/mol. The molecule has 2 heterocycles. The van der Waals surface area contributed by atoms with Gasteiger partial charge in [0.05, 0.1) is 18.5 Å². The first-order chi connectivity index (χ1) is 7.72. The summed E-state index contributed by atoms with van der Waals surface area (Å²) in [5.41, 5.74) is 1.22. The molecule has 1 fully saturated rings. The quantitative estimate of drug-likeness (QED) is 0.871. The number of nitrogens with one attached hydrogen (secondary N) is 1. The SMILES string of the molecule is Cc1ccsc1C1CN(CCC#N)C(=O)N1. The van der Waals surface area contributed by atoms with Crippen molar-refractivity contribution < 1.29 is 4.79 Å². The Morgan fingerprint density at radius 1 is 1.75 bits per heavy atom. The molecule has 1 aliphatic rings. The number of hydrogen-bond acceptors (Lipinski definition) is 3. The van der Waals surface area contributed by atoms with Crippen molar-refractivity contribution in [2.24, 2.45) is 0 Å². The number of nitriles is 1. The molecule has 0 aromatic carbocycles. The lowest BCUT2D eigenvalue weighted by Gasteiger charge is -2.11. The summed E-state index contributed by atoms with van der Waals surface area (Å²) in [6.07, 6.45) is 0.392. The normalized spacial score (nSPS) is 19.6. The summed E-state index contributed by atoms with van der Waals surface area (Å²) in [6, 6.07) is 4.14. The van der Waals surface area contributed by atoms with Crippen molar-refractivity contribution in [2.75, 3.05) is 13.1 Å². The Balaban J connectivity index is 2.04. The zero-order valence-electron chi connectivity index (χ0n) is 9.06. The average molecular weight is 235 g/mol. The van der Waals surface area contributed by atoms with E-state index in [9.17, 15) is 4.79 Å².